The molecule has 1 unspecified atom stereocenters. The molecule has 2 aromatic carbocycles. The predicted octanol–water partition coefficient (Wildman–Crippen LogP) is 7.38. The fourth-order valence-corrected chi connectivity index (χ4v) is 2.95. The molecule has 0 saturated heterocycles. The molecule has 0 N–H and O–H groups in total. The third-order valence-electron chi connectivity index (χ3n) is 4.00. The summed E-state index contributed by atoms with van der Waals surface area (Å²) >= 11 is 5.86. The Hall–Kier alpha value is -2.36. The highest BCUT2D eigenvalue weighted by Gasteiger charge is 2.42. The highest BCUT2D eigenvalue weighted by atomic mass is 35.5. The monoisotopic (exact) mass is 446 g/mol. The zero-order chi connectivity index (χ0) is 21.8. The lowest BCUT2D eigenvalue weighted by atomic mass is 9.95. The molecule has 1 nitrogen and oxygen atoms in total. The van der Waals surface area contributed by atoms with Crippen LogP contribution in [0.25, 0.3) is 17.2 Å². The fourth-order valence-electron chi connectivity index (χ4n) is 2.73. The second-order valence-electron chi connectivity index (χ2n) is 6.11. The van der Waals surface area contributed by atoms with Crippen molar-refractivity contribution < 1.29 is 44.3 Å². The van der Waals surface area contributed by atoms with Crippen LogP contribution >= 0.6 is 11.6 Å². The lowest BCUT2D eigenvalue weighted by molar-refractivity contribution is -0.180. The van der Waals surface area contributed by atoms with E-state index < -0.39 is 52.6 Å². The van der Waals surface area contributed by atoms with Crippen LogP contribution in [0.1, 0.15) is 16.7 Å². The summed E-state index contributed by atoms with van der Waals surface area (Å²) in [5.74, 6) is -0.522. The largest absolute Gasteiger partial charge is 0.476 e. The highest BCUT2D eigenvalue weighted by molar-refractivity contribution is 6.31. The van der Waals surface area contributed by atoms with Crippen LogP contribution in [0, 0.1) is 0 Å². The standard InChI is InChI=1S/C18H8ClF9O/c19-12-5-8-1-2-14(18(26,27)28)29-15(8)13(7-12)9-3-10(16(20,21)22)6-11(4-9)17(23,24)25/h1-7,14H. The average molecular weight is 447 g/mol. The minimum atomic E-state index is -5.12. The predicted molar refractivity (Wildman–Crippen MR) is 86.4 cm³/mol. The van der Waals surface area contributed by atoms with E-state index in [1.54, 1.807) is 0 Å². The van der Waals surface area contributed by atoms with E-state index in [1.807, 2.05) is 0 Å². The first kappa shape index (κ1) is 21.4. The maximum atomic E-state index is 13.1. The fraction of sp³-hybridized carbons (Fsp3) is 0.222. The smallest absolute Gasteiger partial charge is 0.429 e. The molecule has 0 aromatic heterocycles. The van der Waals surface area contributed by atoms with Gasteiger partial charge in [-0.2, -0.15) is 39.5 Å². The average Bonchev–Trinajstić information content (AvgIpc) is 2.57. The van der Waals surface area contributed by atoms with Gasteiger partial charge in [0, 0.05) is 16.1 Å². The van der Waals surface area contributed by atoms with Gasteiger partial charge in [0.15, 0.2) is 0 Å². The Bertz CT molecular complexity index is 939. The number of hydrogen-bond acceptors (Lipinski definition) is 1. The molecule has 0 radical (unpaired) electrons. The van der Waals surface area contributed by atoms with E-state index in [0.717, 1.165) is 12.1 Å². The van der Waals surface area contributed by atoms with Crippen molar-refractivity contribution in [3.8, 4) is 16.9 Å². The van der Waals surface area contributed by atoms with Crippen LogP contribution in [0.15, 0.2) is 36.4 Å². The topological polar surface area (TPSA) is 9.23 Å². The SMILES string of the molecule is FC(F)(F)c1cc(-c2cc(Cl)cc3c2OC(C(F)(F)F)C=C3)cc(C(F)(F)F)c1. The molecule has 3 rings (SSSR count). The van der Waals surface area contributed by atoms with E-state index in [2.05, 4.69) is 0 Å². The summed E-state index contributed by atoms with van der Waals surface area (Å²) < 4.78 is 122. The van der Waals surface area contributed by atoms with Gasteiger partial charge in [0.2, 0.25) is 6.10 Å². The summed E-state index contributed by atoms with van der Waals surface area (Å²) in [7, 11) is 0. The molecule has 0 fully saturated rings. The Morgan fingerprint density at radius 3 is 1.79 bits per heavy atom. The van der Waals surface area contributed by atoms with Crippen LogP contribution in [0.3, 0.4) is 0 Å². The van der Waals surface area contributed by atoms with Crippen LogP contribution in [0.4, 0.5) is 39.5 Å². The van der Waals surface area contributed by atoms with Gasteiger partial charge in [-0.1, -0.05) is 17.7 Å². The number of benzene rings is 2. The molecule has 1 aliphatic rings. The van der Waals surface area contributed by atoms with Gasteiger partial charge < -0.3 is 4.74 Å². The van der Waals surface area contributed by atoms with Gasteiger partial charge in [0.25, 0.3) is 0 Å². The number of fused-ring (bicyclic) bond motifs is 1. The Kier molecular flexibility index (Phi) is 5.05. The summed E-state index contributed by atoms with van der Waals surface area (Å²) in [5.41, 5.74) is -4.31. The van der Waals surface area contributed by atoms with Crippen molar-refractivity contribution in [1.29, 1.82) is 0 Å². The van der Waals surface area contributed by atoms with Crippen molar-refractivity contribution in [2.45, 2.75) is 24.6 Å². The first-order valence-electron chi connectivity index (χ1n) is 7.71. The molecular weight excluding hydrogens is 439 g/mol. The van der Waals surface area contributed by atoms with Crippen molar-refractivity contribution in [3.63, 3.8) is 0 Å². The summed E-state index contributed by atoms with van der Waals surface area (Å²) in [4.78, 5) is 0. The van der Waals surface area contributed by atoms with Gasteiger partial charge in [-0.15, -0.1) is 0 Å². The Balaban J connectivity index is 2.25. The second kappa shape index (κ2) is 6.86. The van der Waals surface area contributed by atoms with Gasteiger partial charge in [-0.25, -0.2) is 0 Å². The van der Waals surface area contributed by atoms with E-state index >= 15 is 0 Å². The molecule has 1 atom stereocenters. The van der Waals surface area contributed by atoms with E-state index in [-0.39, 0.29) is 16.7 Å². The molecular formula is C18H8ClF9O. The van der Waals surface area contributed by atoms with Gasteiger partial charge >= 0.3 is 18.5 Å². The van der Waals surface area contributed by atoms with Crippen LogP contribution in [-0.2, 0) is 12.4 Å². The summed E-state index contributed by atoms with van der Waals surface area (Å²) in [6, 6.07) is 2.83. The van der Waals surface area contributed by atoms with Gasteiger partial charge in [0.1, 0.15) is 5.75 Å². The van der Waals surface area contributed by atoms with Crippen LogP contribution in [-0.4, -0.2) is 12.3 Å². The summed E-state index contributed by atoms with van der Waals surface area (Å²) in [5, 5.41) is -0.108. The molecule has 156 valence electrons. The van der Waals surface area contributed by atoms with Crippen molar-refractivity contribution in [3.05, 3.63) is 58.1 Å². The molecule has 2 aromatic rings. The summed E-state index contributed by atoms with van der Waals surface area (Å²) in [6.07, 6.45) is -15.8. The Morgan fingerprint density at radius 2 is 1.31 bits per heavy atom. The van der Waals surface area contributed by atoms with Crippen molar-refractivity contribution >= 4 is 17.7 Å². The van der Waals surface area contributed by atoms with Gasteiger partial charge in [-0.3, -0.25) is 0 Å². The Labute approximate surface area is 162 Å². The maximum Gasteiger partial charge on any atom is 0.429 e. The molecule has 0 amide bonds. The van der Waals surface area contributed by atoms with E-state index in [9.17, 15) is 39.5 Å². The number of rotatable bonds is 1. The number of alkyl halides is 9. The number of hydrogen-bond donors (Lipinski definition) is 0. The van der Waals surface area contributed by atoms with Crippen molar-refractivity contribution in [2.24, 2.45) is 0 Å². The van der Waals surface area contributed by atoms with E-state index in [4.69, 9.17) is 16.3 Å². The summed E-state index contributed by atoms with van der Waals surface area (Å²) in [6.45, 7) is 0. The van der Waals surface area contributed by atoms with Crippen LogP contribution in [0.2, 0.25) is 5.02 Å². The van der Waals surface area contributed by atoms with Gasteiger partial charge in [-0.05, 0) is 42.0 Å². The second-order valence-corrected chi connectivity index (χ2v) is 6.54. The molecule has 29 heavy (non-hydrogen) atoms. The number of halogens is 10. The highest BCUT2D eigenvalue weighted by Crippen LogP contribution is 2.45. The Morgan fingerprint density at radius 1 is 0.759 bits per heavy atom. The third-order valence-corrected chi connectivity index (χ3v) is 4.22. The number of ether oxygens (including phenoxy) is 1. The first-order chi connectivity index (χ1) is 13.2. The molecule has 0 saturated carbocycles. The first-order valence-corrected chi connectivity index (χ1v) is 8.09. The van der Waals surface area contributed by atoms with E-state index in [0.29, 0.717) is 18.2 Å². The molecule has 1 aliphatic heterocycles. The molecule has 1 heterocycles. The minimum absolute atomic E-state index is 0.0148. The molecule has 0 aliphatic carbocycles. The van der Waals surface area contributed by atoms with Crippen LogP contribution in [0.5, 0.6) is 5.75 Å². The molecule has 11 heteroatoms. The van der Waals surface area contributed by atoms with Crippen LogP contribution < -0.4 is 4.74 Å². The zero-order valence-electron chi connectivity index (χ0n) is 13.8. The molecule has 0 bridgehead atoms. The van der Waals surface area contributed by atoms with Crippen molar-refractivity contribution in [2.75, 3.05) is 0 Å². The third kappa shape index (κ3) is 4.47. The lowest BCUT2D eigenvalue weighted by Crippen LogP contribution is -2.34. The minimum Gasteiger partial charge on any atom is -0.476 e. The zero-order valence-corrected chi connectivity index (χ0v) is 14.6. The lowest BCUT2D eigenvalue weighted by Gasteiger charge is -2.26. The maximum absolute atomic E-state index is 13.1. The normalized spacial score (nSPS) is 17.1. The quantitative estimate of drug-likeness (QED) is 0.415. The van der Waals surface area contributed by atoms with E-state index in [1.165, 1.54) is 6.07 Å². The van der Waals surface area contributed by atoms with Crippen molar-refractivity contribution in [1.82, 2.24) is 0 Å². The van der Waals surface area contributed by atoms with Gasteiger partial charge in [0.05, 0.1) is 11.1 Å². The molecule has 0 spiro atoms.